The molecule has 21 heavy (non-hydrogen) atoms. The molecular weight excluding hydrogens is 268 g/mol. The maximum absolute atomic E-state index is 12.0. The largest absolute Gasteiger partial charge is 0.357 e. The van der Waals surface area contributed by atoms with Crippen LogP contribution in [0.15, 0.2) is 36.8 Å². The lowest BCUT2D eigenvalue weighted by Crippen LogP contribution is -2.30. The number of carbonyl (C=O) groups excluding carboxylic acids is 1. The molecule has 2 aromatic rings. The van der Waals surface area contributed by atoms with Crippen LogP contribution in [0.1, 0.15) is 24.2 Å². The van der Waals surface area contributed by atoms with E-state index < -0.39 is 0 Å². The van der Waals surface area contributed by atoms with Gasteiger partial charge in [0.2, 0.25) is 5.95 Å². The fourth-order valence-electron chi connectivity index (χ4n) is 1.80. The normalized spacial score (nSPS) is 10.0. The van der Waals surface area contributed by atoms with Crippen molar-refractivity contribution in [3.63, 3.8) is 0 Å². The Bertz CT molecular complexity index is 568. The van der Waals surface area contributed by atoms with Crippen molar-refractivity contribution in [1.29, 1.82) is 0 Å². The third-order valence-electron chi connectivity index (χ3n) is 2.95. The molecule has 0 radical (unpaired) electrons. The lowest BCUT2D eigenvalue weighted by molar-refractivity contribution is 0.0962. The number of hydrogen-bond donors (Lipinski definition) is 2. The van der Waals surface area contributed by atoms with Crippen LogP contribution in [0.25, 0.3) is 0 Å². The number of rotatable bonds is 6. The van der Waals surface area contributed by atoms with Crippen molar-refractivity contribution in [2.45, 2.75) is 13.8 Å². The van der Waals surface area contributed by atoms with Crippen LogP contribution in [0.5, 0.6) is 0 Å². The second kappa shape index (κ2) is 7.18. The summed E-state index contributed by atoms with van der Waals surface area (Å²) < 4.78 is 0. The van der Waals surface area contributed by atoms with E-state index in [4.69, 9.17) is 0 Å². The first-order valence-corrected chi connectivity index (χ1v) is 6.79. The summed E-state index contributed by atoms with van der Waals surface area (Å²) in [4.78, 5) is 26.3. The molecule has 2 heterocycles. The van der Waals surface area contributed by atoms with Gasteiger partial charge < -0.3 is 4.90 Å². The van der Waals surface area contributed by atoms with Crippen molar-refractivity contribution < 1.29 is 4.79 Å². The molecule has 0 aliphatic rings. The van der Waals surface area contributed by atoms with Crippen LogP contribution in [0, 0.1) is 0 Å². The number of amides is 1. The number of aromatic nitrogens is 3. The summed E-state index contributed by atoms with van der Waals surface area (Å²) in [5.41, 5.74) is 5.63. The smallest absolute Gasteiger partial charge is 0.271 e. The molecule has 0 atom stereocenters. The van der Waals surface area contributed by atoms with Crippen molar-refractivity contribution in [3.8, 4) is 0 Å². The minimum Gasteiger partial charge on any atom is -0.357 e. The second-order valence-electron chi connectivity index (χ2n) is 4.23. The Morgan fingerprint density at radius 3 is 2.43 bits per heavy atom. The minimum atomic E-state index is -0.291. The van der Waals surface area contributed by atoms with Crippen molar-refractivity contribution in [2.75, 3.05) is 23.4 Å². The van der Waals surface area contributed by atoms with Crippen molar-refractivity contribution in [3.05, 3.63) is 42.4 Å². The topological polar surface area (TPSA) is 83.0 Å². The molecule has 0 aliphatic carbocycles. The Labute approximate surface area is 123 Å². The van der Waals surface area contributed by atoms with E-state index in [1.807, 2.05) is 6.07 Å². The van der Waals surface area contributed by atoms with Gasteiger partial charge in [-0.15, -0.1) is 0 Å². The van der Waals surface area contributed by atoms with Crippen LogP contribution in [-0.2, 0) is 0 Å². The van der Waals surface area contributed by atoms with Gasteiger partial charge in [0.15, 0.2) is 0 Å². The summed E-state index contributed by atoms with van der Waals surface area (Å²) in [5, 5.41) is 0. The Hall–Kier alpha value is -2.70. The maximum atomic E-state index is 12.0. The zero-order valence-corrected chi connectivity index (χ0v) is 12.1. The number of pyridine rings is 1. The summed E-state index contributed by atoms with van der Waals surface area (Å²) in [6, 6.07) is 5.27. The molecule has 0 unspecified atom stereocenters. The summed E-state index contributed by atoms with van der Waals surface area (Å²) in [6.07, 6.45) is 4.72. The monoisotopic (exact) mass is 286 g/mol. The van der Waals surface area contributed by atoms with Crippen molar-refractivity contribution in [1.82, 2.24) is 20.4 Å². The van der Waals surface area contributed by atoms with E-state index in [2.05, 4.69) is 44.6 Å². The molecule has 7 heteroatoms. The highest BCUT2D eigenvalue weighted by atomic mass is 16.2. The Morgan fingerprint density at radius 1 is 1.14 bits per heavy atom. The lowest BCUT2D eigenvalue weighted by atomic mass is 10.2. The molecule has 7 nitrogen and oxygen atoms in total. The summed E-state index contributed by atoms with van der Waals surface area (Å²) in [6.45, 7) is 5.88. The Balaban J connectivity index is 1.97. The molecule has 0 saturated heterocycles. The second-order valence-corrected chi connectivity index (χ2v) is 4.23. The molecule has 2 aromatic heterocycles. The number of hydrazine groups is 1. The van der Waals surface area contributed by atoms with Gasteiger partial charge >= 0.3 is 0 Å². The number of hydrogen-bond acceptors (Lipinski definition) is 6. The molecule has 1 amide bonds. The highest BCUT2D eigenvalue weighted by Gasteiger charge is 2.08. The van der Waals surface area contributed by atoms with Crippen LogP contribution < -0.4 is 15.8 Å². The summed E-state index contributed by atoms with van der Waals surface area (Å²) in [5.74, 6) is 0.899. The molecule has 0 aromatic carbocycles. The molecule has 0 aliphatic heterocycles. The predicted octanol–water partition coefficient (Wildman–Crippen LogP) is 1.47. The van der Waals surface area contributed by atoms with E-state index in [1.165, 1.54) is 0 Å². The zero-order chi connectivity index (χ0) is 15.1. The molecule has 0 fully saturated rings. The Kier molecular flexibility index (Phi) is 5.03. The van der Waals surface area contributed by atoms with Crippen LogP contribution in [0.4, 0.5) is 11.8 Å². The number of nitrogens with zero attached hydrogens (tertiary/aromatic N) is 4. The van der Waals surface area contributed by atoms with E-state index in [9.17, 15) is 4.79 Å². The average Bonchev–Trinajstić information content (AvgIpc) is 2.55. The van der Waals surface area contributed by atoms with E-state index >= 15 is 0 Å². The molecular formula is C14H18N6O. The van der Waals surface area contributed by atoms with Gasteiger partial charge in [-0.3, -0.25) is 15.6 Å². The first-order valence-electron chi connectivity index (χ1n) is 6.79. The van der Waals surface area contributed by atoms with Crippen molar-refractivity contribution in [2.24, 2.45) is 0 Å². The maximum Gasteiger partial charge on any atom is 0.271 e. The average molecular weight is 286 g/mol. The van der Waals surface area contributed by atoms with Crippen LogP contribution in [-0.4, -0.2) is 33.9 Å². The fourth-order valence-corrected chi connectivity index (χ4v) is 1.80. The van der Waals surface area contributed by atoms with Crippen LogP contribution >= 0.6 is 0 Å². The number of anilines is 2. The van der Waals surface area contributed by atoms with Crippen LogP contribution in [0.3, 0.4) is 0 Å². The summed E-state index contributed by atoms with van der Waals surface area (Å²) >= 11 is 0. The van der Waals surface area contributed by atoms with Gasteiger partial charge in [-0.2, -0.15) is 0 Å². The fraction of sp³-hybridized carbons (Fsp3) is 0.286. The Morgan fingerprint density at radius 2 is 1.86 bits per heavy atom. The molecule has 0 saturated carbocycles. The van der Waals surface area contributed by atoms with Gasteiger partial charge in [-0.25, -0.2) is 15.0 Å². The predicted molar refractivity (Wildman–Crippen MR) is 80.9 cm³/mol. The molecule has 2 N–H and O–H groups in total. The van der Waals surface area contributed by atoms with E-state index in [1.54, 1.807) is 30.7 Å². The highest BCUT2D eigenvalue weighted by Crippen LogP contribution is 2.10. The van der Waals surface area contributed by atoms with E-state index in [0.717, 1.165) is 18.9 Å². The van der Waals surface area contributed by atoms with E-state index in [0.29, 0.717) is 11.5 Å². The molecule has 0 bridgehead atoms. The molecule has 110 valence electrons. The van der Waals surface area contributed by atoms with Gasteiger partial charge in [0.05, 0.1) is 5.56 Å². The summed E-state index contributed by atoms with van der Waals surface area (Å²) in [7, 11) is 0. The third-order valence-corrected chi connectivity index (χ3v) is 2.95. The van der Waals surface area contributed by atoms with Gasteiger partial charge in [-0.05, 0) is 32.0 Å². The highest BCUT2D eigenvalue weighted by molar-refractivity contribution is 5.94. The van der Waals surface area contributed by atoms with Gasteiger partial charge in [0.1, 0.15) is 5.82 Å². The SMILES string of the molecule is CCN(CC)c1ccc(C(=O)NNc2ncccn2)cn1. The number of carbonyl (C=O) groups is 1. The first kappa shape index (κ1) is 14.7. The number of nitrogens with one attached hydrogen (secondary N) is 2. The lowest BCUT2D eigenvalue weighted by Gasteiger charge is -2.19. The minimum absolute atomic E-state index is 0.291. The van der Waals surface area contributed by atoms with E-state index in [-0.39, 0.29) is 5.91 Å². The zero-order valence-electron chi connectivity index (χ0n) is 12.1. The standard InChI is InChI=1S/C14H18N6O/c1-3-20(4-2)12-7-6-11(10-17-12)13(21)18-19-14-15-8-5-9-16-14/h5-10H,3-4H2,1-2H3,(H,18,21)(H,15,16,19). The third kappa shape index (κ3) is 3.88. The quantitative estimate of drug-likeness (QED) is 0.783. The molecule has 0 spiro atoms. The van der Waals surface area contributed by atoms with Crippen molar-refractivity contribution >= 4 is 17.7 Å². The first-order chi connectivity index (χ1) is 10.2. The van der Waals surface area contributed by atoms with Gasteiger partial charge in [0.25, 0.3) is 5.91 Å². The van der Waals surface area contributed by atoms with Gasteiger partial charge in [-0.1, -0.05) is 0 Å². The molecule has 2 rings (SSSR count). The van der Waals surface area contributed by atoms with Gasteiger partial charge in [0, 0.05) is 31.7 Å². The van der Waals surface area contributed by atoms with Crippen LogP contribution in [0.2, 0.25) is 0 Å².